The van der Waals surface area contributed by atoms with Crippen LogP contribution >= 0.6 is 0 Å². The summed E-state index contributed by atoms with van der Waals surface area (Å²) in [4.78, 5) is 34.1. The molecular formula is C24H22N2O7. The number of carbonyl (C=O) groups excluding carboxylic acids is 2. The van der Waals surface area contributed by atoms with Gasteiger partial charge in [-0.25, -0.2) is 0 Å². The summed E-state index contributed by atoms with van der Waals surface area (Å²) >= 11 is 0. The summed E-state index contributed by atoms with van der Waals surface area (Å²) in [6.07, 6.45) is -1.27. The van der Waals surface area contributed by atoms with Crippen molar-refractivity contribution in [3.63, 3.8) is 0 Å². The van der Waals surface area contributed by atoms with Gasteiger partial charge in [-0.1, -0.05) is 24.3 Å². The van der Waals surface area contributed by atoms with Crippen molar-refractivity contribution >= 4 is 17.6 Å². The first-order valence-electron chi connectivity index (χ1n) is 10.0. The minimum atomic E-state index is -1.27. The smallest absolute Gasteiger partial charge is 0.308 e. The Hall–Kier alpha value is -4.08. The van der Waals surface area contributed by atoms with Gasteiger partial charge in [-0.3, -0.25) is 19.7 Å². The number of hydrogen-bond acceptors (Lipinski definition) is 7. The Morgan fingerprint density at radius 1 is 1.03 bits per heavy atom. The molecule has 0 aromatic heterocycles. The van der Waals surface area contributed by atoms with Crippen molar-refractivity contribution in [2.24, 2.45) is 0 Å². The molecule has 33 heavy (non-hydrogen) atoms. The first kappa shape index (κ1) is 23.6. The molecule has 1 amide bonds. The molecule has 3 rings (SSSR count). The molecule has 0 spiro atoms. The summed E-state index contributed by atoms with van der Waals surface area (Å²) in [5.41, 5.74) is 2.04. The maximum absolute atomic E-state index is 12.8. The molecule has 0 heterocycles. The van der Waals surface area contributed by atoms with Gasteiger partial charge in [0.25, 0.3) is 11.6 Å². The van der Waals surface area contributed by atoms with Gasteiger partial charge in [0, 0.05) is 24.6 Å². The quantitative estimate of drug-likeness (QED) is 0.207. The van der Waals surface area contributed by atoms with E-state index in [1.54, 1.807) is 42.5 Å². The molecule has 0 aliphatic heterocycles. The van der Waals surface area contributed by atoms with Crippen molar-refractivity contribution in [1.82, 2.24) is 5.32 Å². The molecule has 3 aromatic carbocycles. The minimum Gasteiger partial charge on any atom is -0.427 e. The normalized spacial score (nSPS) is 12.5. The second-order valence-corrected chi connectivity index (χ2v) is 7.25. The Balaban J connectivity index is 1.73. The zero-order chi connectivity index (χ0) is 24.0. The molecule has 170 valence electrons. The van der Waals surface area contributed by atoms with E-state index in [1.807, 2.05) is 6.07 Å². The lowest BCUT2D eigenvalue weighted by Gasteiger charge is -2.22. The second-order valence-electron chi connectivity index (χ2n) is 7.25. The highest BCUT2D eigenvalue weighted by molar-refractivity contribution is 5.95. The average molecular weight is 450 g/mol. The Bertz CT molecular complexity index is 1140. The van der Waals surface area contributed by atoms with Crippen LogP contribution in [0.2, 0.25) is 0 Å². The maximum atomic E-state index is 12.8. The largest absolute Gasteiger partial charge is 0.427 e. The number of nitrogens with one attached hydrogen (secondary N) is 1. The van der Waals surface area contributed by atoms with Crippen LogP contribution in [0.5, 0.6) is 5.75 Å². The molecule has 0 radical (unpaired) electrons. The summed E-state index contributed by atoms with van der Waals surface area (Å²) in [7, 11) is 0. The van der Waals surface area contributed by atoms with Gasteiger partial charge in [-0.15, -0.1) is 0 Å². The number of nitrogens with zero attached hydrogens (tertiary/aromatic N) is 1. The van der Waals surface area contributed by atoms with Gasteiger partial charge in [-0.05, 0) is 53.1 Å². The fraction of sp³-hybridized carbons (Fsp3) is 0.167. The zero-order valence-corrected chi connectivity index (χ0v) is 17.7. The van der Waals surface area contributed by atoms with Crippen LogP contribution in [0.3, 0.4) is 0 Å². The second kappa shape index (κ2) is 10.5. The molecule has 9 heteroatoms. The third-order valence-corrected chi connectivity index (χ3v) is 4.91. The number of nitro groups is 1. The van der Waals surface area contributed by atoms with Crippen molar-refractivity contribution in [2.75, 3.05) is 6.61 Å². The summed E-state index contributed by atoms with van der Waals surface area (Å²) < 4.78 is 5.02. The Morgan fingerprint density at radius 3 is 2.27 bits per heavy atom. The number of carbonyl (C=O) groups is 2. The van der Waals surface area contributed by atoms with Crippen LogP contribution in [0.4, 0.5) is 5.69 Å². The zero-order valence-electron chi connectivity index (χ0n) is 17.7. The number of amides is 1. The highest BCUT2D eigenvalue weighted by atomic mass is 16.6. The van der Waals surface area contributed by atoms with Gasteiger partial charge >= 0.3 is 5.97 Å². The van der Waals surface area contributed by atoms with Gasteiger partial charge in [0.1, 0.15) is 11.9 Å². The van der Waals surface area contributed by atoms with E-state index >= 15 is 0 Å². The molecule has 3 N–H and O–H groups in total. The fourth-order valence-electron chi connectivity index (χ4n) is 3.22. The molecular weight excluding hydrogens is 428 g/mol. The summed E-state index contributed by atoms with van der Waals surface area (Å²) in [6.45, 7) is 0.773. The van der Waals surface area contributed by atoms with E-state index in [4.69, 9.17) is 4.74 Å². The van der Waals surface area contributed by atoms with Crippen LogP contribution in [0.15, 0.2) is 72.8 Å². The molecule has 2 atom stereocenters. The van der Waals surface area contributed by atoms with Gasteiger partial charge in [0.05, 0.1) is 17.6 Å². The van der Waals surface area contributed by atoms with Crippen molar-refractivity contribution in [2.45, 2.75) is 19.1 Å². The topological polar surface area (TPSA) is 139 Å². The number of rotatable bonds is 8. The number of aliphatic hydroxyl groups excluding tert-OH is 2. The van der Waals surface area contributed by atoms with Crippen molar-refractivity contribution in [3.8, 4) is 16.9 Å². The highest BCUT2D eigenvalue weighted by Gasteiger charge is 2.23. The summed E-state index contributed by atoms with van der Waals surface area (Å²) in [5.74, 6) is -0.518. The Labute approximate surface area is 189 Å². The maximum Gasteiger partial charge on any atom is 0.308 e. The minimum absolute atomic E-state index is 0.131. The van der Waals surface area contributed by atoms with Crippen LogP contribution in [-0.2, 0) is 4.79 Å². The third kappa shape index (κ3) is 6.00. The number of esters is 1. The standard InChI is InChI=1S/C24H22N2O7/c1-15(28)33-21-11-7-16(8-12-21)18-3-2-4-19(13-18)24(30)25-22(14-27)23(29)17-5-9-20(10-6-17)26(31)32/h2-13,22-23,27,29H,14H2,1H3,(H,25,30)/t22-,23+/m0/s1. The molecule has 0 aliphatic carbocycles. The van der Waals surface area contributed by atoms with E-state index in [0.29, 0.717) is 16.9 Å². The van der Waals surface area contributed by atoms with E-state index in [9.17, 15) is 29.9 Å². The molecule has 0 bridgehead atoms. The van der Waals surface area contributed by atoms with Crippen LogP contribution in [0.25, 0.3) is 11.1 Å². The van der Waals surface area contributed by atoms with E-state index in [2.05, 4.69) is 5.32 Å². The van der Waals surface area contributed by atoms with Crippen LogP contribution < -0.4 is 10.1 Å². The average Bonchev–Trinajstić information content (AvgIpc) is 2.82. The first-order valence-corrected chi connectivity index (χ1v) is 10.0. The van der Waals surface area contributed by atoms with Crippen molar-refractivity contribution < 1.29 is 29.5 Å². The lowest BCUT2D eigenvalue weighted by molar-refractivity contribution is -0.384. The lowest BCUT2D eigenvalue weighted by atomic mass is 10.0. The van der Waals surface area contributed by atoms with E-state index in [1.165, 1.54) is 31.2 Å². The van der Waals surface area contributed by atoms with E-state index < -0.39 is 35.6 Å². The Kier molecular flexibility index (Phi) is 7.50. The van der Waals surface area contributed by atoms with Gasteiger partial charge < -0.3 is 20.3 Å². The van der Waals surface area contributed by atoms with Crippen LogP contribution in [0.1, 0.15) is 28.9 Å². The predicted molar refractivity (Wildman–Crippen MR) is 120 cm³/mol. The summed E-state index contributed by atoms with van der Waals surface area (Å²) in [6, 6.07) is 17.8. The van der Waals surface area contributed by atoms with Gasteiger partial charge in [0.2, 0.25) is 0 Å². The number of benzene rings is 3. The lowest BCUT2D eigenvalue weighted by Crippen LogP contribution is -2.42. The third-order valence-electron chi connectivity index (χ3n) is 4.91. The van der Waals surface area contributed by atoms with Crippen LogP contribution in [0, 0.1) is 10.1 Å². The SMILES string of the molecule is CC(=O)Oc1ccc(-c2cccc(C(=O)N[C@@H](CO)[C@H](O)c3ccc([N+](=O)[O-])cc3)c2)cc1. The molecule has 0 aliphatic rings. The molecule has 0 fully saturated rings. The molecule has 0 unspecified atom stereocenters. The number of aliphatic hydroxyl groups is 2. The molecule has 9 nitrogen and oxygen atoms in total. The van der Waals surface area contributed by atoms with E-state index in [0.717, 1.165) is 11.1 Å². The number of ether oxygens (including phenoxy) is 1. The molecule has 3 aromatic rings. The van der Waals surface area contributed by atoms with Crippen molar-refractivity contribution in [1.29, 1.82) is 0 Å². The molecule has 0 saturated carbocycles. The van der Waals surface area contributed by atoms with Crippen LogP contribution in [-0.4, -0.2) is 39.7 Å². The highest BCUT2D eigenvalue weighted by Crippen LogP contribution is 2.24. The molecule has 0 saturated heterocycles. The van der Waals surface area contributed by atoms with Crippen molar-refractivity contribution in [3.05, 3.63) is 94.0 Å². The predicted octanol–water partition coefficient (Wildman–Crippen LogP) is 3.01. The first-order chi connectivity index (χ1) is 15.8. The Morgan fingerprint density at radius 2 is 1.70 bits per heavy atom. The number of nitro benzene ring substituents is 1. The van der Waals surface area contributed by atoms with E-state index in [-0.39, 0.29) is 5.69 Å². The number of hydrogen-bond donors (Lipinski definition) is 3. The number of non-ortho nitro benzene ring substituents is 1. The summed E-state index contributed by atoms with van der Waals surface area (Å²) in [5, 5.41) is 33.6. The van der Waals surface area contributed by atoms with Gasteiger partial charge in [0.15, 0.2) is 0 Å². The monoisotopic (exact) mass is 450 g/mol. The van der Waals surface area contributed by atoms with Gasteiger partial charge in [-0.2, -0.15) is 0 Å². The fourth-order valence-corrected chi connectivity index (χ4v) is 3.22.